The van der Waals surface area contributed by atoms with Crippen molar-refractivity contribution in [1.82, 2.24) is 15.1 Å². The van der Waals surface area contributed by atoms with Crippen molar-refractivity contribution in [3.63, 3.8) is 0 Å². The Bertz CT molecular complexity index is 1280. The molecule has 1 aromatic heterocycles. The third-order valence-electron chi connectivity index (χ3n) is 5.92. The van der Waals surface area contributed by atoms with Crippen LogP contribution in [0.25, 0.3) is 11.3 Å². The van der Waals surface area contributed by atoms with Gasteiger partial charge in [0.2, 0.25) is 0 Å². The Morgan fingerprint density at radius 3 is 2.44 bits per heavy atom. The molecule has 1 aliphatic rings. The summed E-state index contributed by atoms with van der Waals surface area (Å²) in [7, 11) is 0. The van der Waals surface area contributed by atoms with Gasteiger partial charge in [0.05, 0.1) is 11.7 Å². The third-order valence-corrected chi connectivity index (χ3v) is 7.03. The zero-order chi connectivity index (χ0) is 22.2. The SMILES string of the molecule is CSc1ccc(C2c3c(-c4ccc(C)cc4)n[nH]c3C(=O)N2Cc2ccccc2Cl)cc1. The summed E-state index contributed by atoms with van der Waals surface area (Å²) >= 11 is 8.15. The van der Waals surface area contributed by atoms with Gasteiger partial charge in [-0.25, -0.2) is 0 Å². The quantitative estimate of drug-likeness (QED) is 0.346. The maximum atomic E-state index is 13.5. The first-order chi connectivity index (χ1) is 15.6. The lowest BCUT2D eigenvalue weighted by atomic mass is 9.95. The molecule has 0 radical (unpaired) electrons. The van der Waals surface area contributed by atoms with Crippen LogP contribution in [0.2, 0.25) is 5.02 Å². The number of fused-ring (bicyclic) bond motifs is 1. The highest BCUT2D eigenvalue weighted by molar-refractivity contribution is 7.98. The van der Waals surface area contributed by atoms with Crippen molar-refractivity contribution in [2.75, 3.05) is 6.26 Å². The number of H-pyrrole nitrogens is 1. The molecule has 32 heavy (non-hydrogen) atoms. The topological polar surface area (TPSA) is 49.0 Å². The smallest absolute Gasteiger partial charge is 0.273 e. The molecule has 0 saturated heterocycles. The average molecular weight is 460 g/mol. The van der Waals surface area contributed by atoms with Gasteiger partial charge in [0, 0.05) is 27.6 Å². The number of hydrogen-bond donors (Lipinski definition) is 1. The van der Waals surface area contributed by atoms with Crippen LogP contribution in [0.3, 0.4) is 0 Å². The van der Waals surface area contributed by atoms with Gasteiger partial charge in [0.1, 0.15) is 5.69 Å². The number of carbonyl (C=O) groups excluding carboxylic acids is 1. The molecule has 6 heteroatoms. The summed E-state index contributed by atoms with van der Waals surface area (Å²) < 4.78 is 0. The van der Waals surface area contributed by atoms with Crippen LogP contribution in [0.1, 0.15) is 38.8 Å². The van der Waals surface area contributed by atoms with E-state index in [0.29, 0.717) is 17.3 Å². The Morgan fingerprint density at radius 1 is 1.03 bits per heavy atom. The van der Waals surface area contributed by atoms with Crippen LogP contribution in [0.15, 0.2) is 77.7 Å². The number of nitrogens with zero attached hydrogens (tertiary/aromatic N) is 2. The molecule has 1 N–H and O–H groups in total. The molecule has 4 aromatic rings. The molecule has 0 saturated carbocycles. The van der Waals surface area contributed by atoms with Crippen LogP contribution < -0.4 is 0 Å². The Hall–Kier alpha value is -3.02. The number of rotatable bonds is 5. The fourth-order valence-electron chi connectivity index (χ4n) is 4.23. The van der Waals surface area contributed by atoms with Crippen molar-refractivity contribution in [2.45, 2.75) is 24.4 Å². The van der Waals surface area contributed by atoms with E-state index in [0.717, 1.165) is 27.9 Å². The normalized spacial score (nSPS) is 15.3. The van der Waals surface area contributed by atoms with Crippen molar-refractivity contribution in [1.29, 1.82) is 0 Å². The molecule has 1 unspecified atom stereocenters. The minimum Gasteiger partial charge on any atom is -0.322 e. The molecule has 0 spiro atoms. The Labute approximate surface area is 196 Å². The van der Waals surface area contributed by atoms with Crippen LogP contribution in [0.4, 0.5) is 0 Å². The minimum absolute atomic E-state index is 0.0651. The van der Waals surface area contributed by atoms with Gasteiger partial charge < -0.3 is 4.90 Å². The molecule has 1 aliphatic heterocycles. The van der Waals surface area contributed by atoms with Gasteiger partial charge in [0.25, 0.3) is 5.91 Å². The van der Waals surface area contributed by atoms with Crippen LogP contribution in [0, 0.1) is 6.92 Å². The van der Waals surface area contributed by atoms with Gasteiger partial charge in [0.15, 0.2) is 0 Å². The third kappa shape index (κ3) is 3.61. The number of nitrogens with one attached hydrogen (secondary N) is 1. The van der Waals surface area contributed by atoms with E-state index in [4.69, 9.17) is 11.6 Å². The first-order valence-corrected chi connectivity index (χ1v) is 12.0. The maximum Gasteiger partial charge on any atom is 0.273 e. The van der Waals surface area contributed by atoms with Crippen molar-refractivity contribution in [3.8, 4) is 11.3 Å². The van der Waals surface area contributed by atoms with Crippen LogP contribution in [-0.4, -0.2) is 27.3 Å². The molecule has 2 heterocycles. The average Bonchev–Trinajstić information content (AvgIpc) is 3.35. The van der Waals surface area contributed by atoms with Crippen molar-refractivity contribution in [2.24, 2.45) is 0 Å². The second-order valence-corrected chi connectivity index (χ2v) is 9.21. The zero-order valence-electron chi connectivity index (χ0n) is 17.8. The van der Waals surface area contributed by atoms with Gasteiger partial charge in [-0.2, -0.15) is 5.10 Å². The first-order valence-electron chi connectivity index (χ1n) is 10.4. The molecular formula is C26H22ClN3OS. The fourth-order valence-corrected chi connectivity index (χ4v) is 4.84. The number of carbonyl (C=O) groups is 1. The van der Waals surface area contributed by atoms with Gasteiger partial charge in [-0.15, -0.1) is 11.8 Å². The second-order valence-electron chi connectivity index (χ2n) is 7.93. The first kappa shape index (κ1) is 20.9. The van der Waals surface area contributed by atoms with Gasteiger partial charge in [-0.3, -0.25) is 9.89 Å². The number of aryl methyl sites for hydroxylation is 1. The number of benzene rings is 3. The highest BCUT2D eigenvalue weighted by Gasteiger charge is 2.42. The fraction of sp³-hybridized carbons (Fsp3) is 0.154. The van der Waals surface area contributed by atoms with E-state index in [1.54, 1.807) is 11.8 Å². The molecule has 3 aromatic carbocycles. The molecule has 4 nitrogen and oxygen atoms in total. The van der Waals surface area contributed by atoms with Crippen LogP contribution in [0.5, 0.6) is 0 Å². The van der Waals surface area contributed by atoms with E-state index in [1.165, 1.54) is 10.5 Å². The van der Waals surface area contributed by atoms with E-state index in [2.05, 4.69) is 71.9 Å². The zero-order valence-corrected chi connectivity index (χ0v) is 19.4. The Balaban J connectivity index is 1.64. The van der Waals surface area contributed by atoms with Crippen molar-refractivity contribution >= 4 is 29.3 Å². The molecule has 0 fully saturated rings. The van der Waals surface area contributed by atoms with Gasteiger partial charge in [-0.1, -0.05) is 71.8 Å². The van der Waals surface area contributed by atoms with Crippen molar-refractivity contribution < 1.29 is 4.79 Å². The summed E-state index contributed by atoms with van der Waals surface area (Å²) in [6.07, 6.45) is 2.06. The van der Waals surface area contributed by atoms with E-state index in [9.17, 15) is 4.79 Å². The Kier molecular flexibility index (Phi) is 5.53. The number of amides is 1. The summed E-state index contributed by atoms with van der Waals surface area (Å²) in [5.74, 6) is -0.0651. The second kappa shape index (κ2) is 8.49. The lowest BCUT2D eigenvalue weighted by Gasteiger charge is -2.27. The number of aromatic nitrogens is 2. The molecule has 0 bridgehead atoms. The van der Waals surface area contributed by atoms with E-state index in [-0.39, 0.29) is 11.9 Å². The molecule has 1 amide bonds. The summed E-state index contributed by atoms with van der Waals surface area (Å²) in [4.78, 5) is 16.6. The summed E-state index contributed by atoms with van der Waals surface area (Å²) in [5, 5.41) is 8.23. The molecular weight excluding hydrogens is 438 g/mol. The predicted octanol–water partition coefficient (Wildman–Crippen LogP) is 6.51. The predicted molar refractivity (Wildman–Crippen MR) is 130 cm³/mol. The molecule has 1 atom stereocenters. The highest BCUT2D eigenvalue weighted by atomic mass is 35.5. The number of thioether (sulfide) groups is 1. The van der Waals surface area contributed by atoms with Crippen molar-refractivity contribution in [3.05, 3.63) is 106 Å². The lowest BCUT2D eigenvalue weighted by molar-refractivity contribution is 0.0730. The summed E-state index contributed by atoms with van der Waals surface area (Å²) in [6.45, 7) is 2.48. The molecule has 0 aliphatic carbocycles. The summed E-state index contributed by atoms with van der Waals surface area (Å²) in [5.41, 5.74) is 6.43. The standard InChI is InChI=1S/C26H22ClN3OS/c1-16-7-9-17(10-8-16)23-22-24(29-28-23)26(31)30(15-19-5-3-4-6-21(19)27)25(22)18-11-13-20(32-2)14-12-18/h3-14,25H,15H2,1-2H3,(H,28,29). The highest BCUT2D eigenvalue weighted by Crippen LogP contribution is 2.44. The molecule has 160 valence electrons. The van der Waals surface area contributed by atoms with E-state index < -0.39 is 0 Å². The van der Waals surface area contributed by atoms with Gasteiger partial charge >= 0.3 is 0 Å². The summed E-state index contributed by atoms with van der Waals surface area (Å²) in [6, 6.07) is 24.1. The van der Waals surface area contributed by atoms with E-state index >= 15 is 0 Å². The number of aromatic amines is 1. The van der Waals surface area contributed by atoms with Gasteiger partial charge in [-0.05, 0) is 42.5 Å². The lowest BCUT2D eigenvalue weighted by Crippen LogP contribution is -2.29. The largest absolute Gasteiger partial charge is 0.322 e. The monoisotopic (exact) mass is 459 g/mol. The van der Waals surface area contributed by atoms with Crippen LogP contribution >= 0.6 is 23.4 Å². The molecule has 5 rings (SSSR count). The van der Waals surface area contributed by atoms with E-state index in [1.807, 2.05) is 29.2 Å². The number of halogens is 1. The maximum absolute atomic E-state index is 13.5. The minimum atomic E-state index is -0.250. The Morgan fingerprint density at radius 2 is 1.75 bits per heavy atom. The van der Waals surface area contributed by atoms with Crippen LogP contribution in [-0.2, 0) is 6.54 Å². The number of hydrogen-bond acceptors (Lipinski definition) is 3.